The Labute approximate surface area is 104 Å². The summed E-state index contributed by atoms with van der Waals surface area (Å²) >= 11 is 0. The Morgan fingerprint density at radius 1 is 1.28 bits per heavy atom. The van der Waals surface area contributed by atoms with Gasteiger partial charge in [0.05, 0.1) is 25.4 Å². The number of carbonyl (C=O) groups is 1. The van der Waals surface area contributed by atoms with Crippen molar-refractivity contribution in [1.29, 1.82) is 0 Å². The van der Waals surface area contributed by atoms with E-state index in [1.807, 2.05) is 0 Å². The molecule has 1 aromatic carbocycles. The summed E-state index contributed by atoms with van der Waals surface area (Å²) in [7, 11) is 2.99. The second kappa shape index (κ2) is 4.52. The molecule has 94 valence electrons. The van der Waals surface area contributed by atoms with Crippen molar-refractivity contribution in [3.05, 3.63) is 29.5 Å². The van der Waals surface area contributed by atoms with Crippen LogP contribution in [-0.2, 0) is 0 Å². The number of rotatable bonds is 3. The summed E-state index contributed by atoms with van der Waals surface area (Å²) in [5.74, 6) is -0.108. The highest BCUT2D eigenvalue weighted by molar-refractivity contribution is 6.05. The third-order valence-corrected chi connectivity index (χ3v) is 2.74. The zero-order chi connectivity index (χ0) is 13.3. The smallest absolute Gasteiger partial charge is 0.340 e. The summed E-state index contributed by atoms with van der Waals surface area (Å²) in [6.45, 7) is 1.71. The number of hydrogen-bond acceptors (Lipinski definition) is 4. The molecule has 0 aliphatic carbocycles. The average Bonchev–Trinajstić information content (AvgIpc) is 2.35. The summed E-state index contributed by atoms with van der Waals surface area (Å²) in [5, 5.41) is 9.84. The largest absolute Gasteiger partial charge is 0.497 e. The van der Waals surface area contributed by atoms with Crippen LogP contribution in [0.15, 0.2) is 18.2 Å². The maximum atomic E-state index is 11.4. The van der Waals surface area contributed by atoms with Crippen molar-refractivity contribution in [1.82, 2.24) is 4.98 Å². The van der Waals surface area contributed by atoms with E-state index in [1.54, 1.807) is 32.2 Å². The Balaban J connectivity index is 2.86. The predicted molar refractivity (Wildman–Crippen MR) is 66.5 cm³/mol. The van der Waals surface area contributed by atoms with E-state index in [0.29, 0.717) is 28.1 Å². The number of ether oxygens (including phenoxy) is 2. The lowest BCUT2D eigenvalue weighted by atomic mass is 10.1. The highest BCUT2D eigenvalue weighted by atomic mass is 16.5. The van der Waals surface area contributed by atoms with Gasteiger partial charge in [-0.1, -0.05) is 0 Å². The van der Waals surface area contributed by atoms with Gasteiger partial charge in [-0.2, -0.15) is 0 Å². The van der Waals surface area contributed by atoms with E-state index in [1.165, 1.54) is 7.11 Å². The summed E-state index contributed by atoms with van der Waals surface area (Å²) < 4.78 is 10.2. The van der Waals surface area contributed by atoms with Gasteiger partial charge in [0.15, 0.2) is 5.75 Å². The Hall–Kier alpha value is -2.30. The lowest BCUT2D eigenvalue weighted by Crippen LogP contribution is -2.05. The summed E-state index contributed by atoms with van der Waals surface area (Å²) in [6.07, 6.45) is 0. The number of pyridine rings is 1. The van der Waals surface area contributed by atoms with Crippen LogP contribution >= 0.6 is 0 Å². The predicted octanol–water partition coefficient (Wildman–Crippen LogP) is 2.26. The number of fused-ring (bicyclic) bond motifs is 1. The van der Waals surface area contributed by atoms with E-state index < -0.39 is 5.97 Å². The molecule has 0 atom stereocenters. The first kappa shape index (κ1) is 12.2. The minimum atomic E-state index is -1.03. The molecule has 0 aliphatic rings. The molecule has 1 heterocycles. The molecular weight excluding hydrogens is 234 g/mol. The van der Waals surface area contributed by atoms with Crippen LogP contribution in [0, 0.1) is 6.92 Å². The fourth-order valence-electron chi connectivity index (χ4n) is 1.94. The van der Waals surface area contributed by atoms with Gasteiger partial charge in [0, 0.05) is 11.5 Å². The van der Waals surface area contributed by atoms with Crippen LogP contribution in [-0.4, -0.2) is 30.3 Å². The number of carboxylic acids is 1. The van der Waals surface area contributed by atoms with E-state index in [0.717, 1.165) is 0 Å². The molecule has 0 amide bonds. The second-order valence-corrected chi connectivity index (χ2v) is 3.79. The van der Waals surface area contributed by atoms with Crippen LogP contribution in [0.25, 0.3) is 10.9 Å². The molecule has 1 aromatic heterocycles. The molecule has 18 heavy (non-hydrogen) atoms. The zero-order valence-corrected chi connectivity index (χ0v) is 10.4. The first-order valence-electron chi connectivity index (χ1n) is 5.34. The van der Waals surface area contributed by atoms with Gasteiger partial charge in [0.2, 0.25) is 0 Å². The van der Waals surface area contributed by atoms with Crippen LogP contribution < -0.4 is 9.47 Å². The molecule has 5 heteroatoms. The van der Waals surface area contributed by atoms with Crippen LogP contribution in [0.3, 0.4) is 0 Å². The number of hydrogen-bond donors (Lipinski definition) is 1. The minimum absolute atomic E-state index is 0.127. The summed E-state index contributed by atoms with van der Waals surface area (Å²) in [5.41, 5.74) is 1.24. The van der Waals surface area contributed by atoms with Gasteiger partial charge < -0.3 is 14.6 Å². The fraction of sp³-hybridized carbons (Fsp3) is 0.231. The number of nitrogens with zero attached hydrogens (tertiary/aromatic N) is 1. The Morgan fingerprint density at radius 2 is 2.00 bits per heavy atom. The van der Waals surface area contributed by atoms with Crippen LogP contribution in [0.2, 0.25) is 0 Å². The number of methoxy groups -OCH3 is 2. The van der Waals surface area contributed by atoms with Gasteiger partial charge in [-0.05, 0) is 19.1 Å². The quantitative estimate of drug-likeness (QED) is 0.900. The molecule has 2 aromatic rings. The highest BCUT2D eigenvalue weighted by Gasteiger charge is 2.19. The normalized spacial score (nSPS) is 10.4. The highest BCUT2D eigenvalue weighted by Crippen LogP contribution is 2.31. The third-order valence-electron chi connectivity index (χ3n) is 2.74. The van der Waals surface area contributed by atoms with Gasteiger partial charge in [-0.15, -0.1) is 0 Å². The zero-order valence-electron chi connectivity index (χ0n) is 10.4. The lowest BCUT2D eigenvalue weighted by molar-refractivity contribution is 0.0695. The molecule has 0 spiro atoms. The summed E-state index contributed by atoms with van der Waals surface area (Å²) in [6, 6.07) is 5.08. The average molecular weight is 247 g/mol. The molecule has 0 bridgehead atoms. The van der Waals surface area contributed by atoms with Gasteiger partial charge >= 0.3 is 5.97 Å². The topological polar surface area (TPSA) is 68.7 Å². The van der Waals surface area contributed by atoms with Crippen LogP contribution in [0.1, 0.15) is 16.1 Å². The number of aryl methyl sites for hydroxylation is 1. The molecule has 1 N–H and O–H groups in total. The minimum Gasteiger partial charge on any atom is -0.497 e. The third kappa shape index (κ3) is 1.84. The van der Waals surface area contributed by atoms with Gasteiger partial charge in [-0.3, -0.25) is 0 Å². The van der Waals surface area contributed by atoms with Crippen molar-refractivity contribution in [2.24, 2.45) is 0 Å². The van der Waals surface area contributed by atoms with E-state index in [2.05, 4.69) is 4.98 Å². The SMILES string of the molecule is COc1ccc2c(C(=O)O)c(OC)c(C)nc2c1. The van der Waals surface area contributed by atoms with E-state index >= 15 is 0 Å². The second-order valence-electron chi connectivity index (χ2n) is 3.79. The Kier molecular flexibility index (Phi) is 3.06. The lowest BCUT2D eigenvalue weighted by Gasteiger charge is -2.11. The van der Waals surface area contributed by atoms with Crippen molar-refractivity contribution in [3.63, 3.8) is 0 Å². The number of aromatic nitrogens is 1. The molecule has 0 saturated heterocycles. The molecule has 0 saturated carbocycles. The van der Waals surface area contributed by atoms with Gasteiger partial charge in [-0.25, -0.2) is 9.78 Å². The van der Waals surface area contributed by atoms with Crippen LogP contribution in [0.5, 0.6) is 11.5 Å². The molecule has 0 fully saturated rings. The fourth-order valence-corrected chi connectivity index (χ4v) is 1.94. The van der Waals surface area contributed by atoms with Crippen LogP contribution in [0.4, 0.5) is 0 Å². The first-order chi connectivity index (χ1) is 8.58. The molecule has 0 radical (unpaired) electrons. The molecule has 2 rings (SSSR count). The summed E-state index contributed by atoms with van der Waals surface area (Å²) in [4.78, 5) is 15.7. The number of aromatic carboxylic acids is 1. The monoisotopic (exact) mass is 247 g/mol. The van der Waals surface area contributed by atoms with Gasteiger partial charge in [0.1, 0.15) is 11.3 Å². The van der Waals surface area contributed by atoms with Crippen molar-refractivity contribution in [3.8, 4) is 11.5 Å². The maximum Gasteiger partial charge on any atom is 0.340 e. The molecular formula is C13H13NO4. The maximum absolute atomic E-state index is 11.4. The van der Waals surface area contributed by atoms with E-state index in [-0.39, 0.29) is 5.56 Å². The molecule has 0 unspecified atom stereocenters. The van der Waals surface area contributed by atoms with Crippen molar-refractivity contribution >= 4 is 16.9 Å². The van der Waals surface area contributed by atoms with E-state index in [4.69, 9.17) is 9.47 Å². The van der Waals surface area contributed by atoms with Crippen molar-refractivity contribution in [2.75, 3.05) is 14.2 Å². The van der Waals surface area contributed by atoms with E-state index in [9.17, 15) is 9.90 Å². The number of benzene rings is 1. The molecule has 0 aliphatic heterocycles. The van der Waals surface area contributed by atoms with Crippen molar-refractivity contribution < 1.29 is 19.4 Å². The van der Waals surface area contributed by atoms with Gasteiger partial charge in [0.25, 0.3) is 0 Å². The van der Waals surface area contributed by atoms with Crippen molar-refractivity contribution in [2.45, 2.75) is 6.92 Å². The first-order valence-corrected chi connectivity index (χ1v) is 5.34. The Morgan fingerprint density at radius 3 is 2.56 bits per heavy atom. The standard InChI is InChI=1S/C13H13NO4/c1-7-12(18-3)11(13(15)16)9-5-4-8(17-2)6-10(9)14-7/h4-6H,1-3H3,(H,15,16). The molecule has 5 nitrogen and oxygen atoms in total. The Bertz CT molecular complexity index is 622. The number of carboxylic acid groups (broad SMARTS) is 1.